The predicted molar refractivity (Wildman–Crippen MR) is 43.7 cm³/mol. The second-order valence-electron chi connectivity index (χ2n) is 3.80. The molecule has 0 saturated heterocycles. The van der Waals surface area contributed by atoms with Gasteiger partial charge in [0.25, 0.3) is 0 Å². The van der Waals surface area contributed by atoms with Gasteiger partial charge in [-0.2, -0.15) is 5.26 Å². The highest BCUT2D eigenvalue weighted by atomic mass is 17.1. The van der Waals surface area contributed by atoms with Crippen molar-refractivity contribution in [2.45, 2.75) is 39.7 Å². The fourth-order valence-corrected chi connectivity index (χ4v) is 1.27. The number of rotatable bonds is 3. The van der Waals surface area contributed by atoms with E-state index in [4.69, 9.17) is 9.99 Å². The van der Waals surface area contributed by atoms with Crippen LogP contribution in [0.15, 0.2) is 0 Å². The third kappa shape index (κ3) is 4.96. The highest BCUT2D eigenvalue weighted by Gasteiger charge is 2.24. The first-order valence-corrected chi connectivity index (χ1v) is 3.92. The molecule has 12 heavy (non-hydrogen) atoms. The first-order chi connectivity index (χ1) is 5.37. The van der Waals surface area contributed by atoms with Crippen molar-refractivity contribution in [1.82, 2.24) is 0 Å². The van der Waals surface area contributed by atoms with Gasteiger partial charge in [0.1, 0.15) is 5.60 Å². The summed E-state index contributed by atoms with van der Waals surface area (Å²) >= 11 is 0. The molecule has 0 aliphatic carbocycles. The van der Waals surface area contributed by atoms with Crippen LogP contribution in [-0.2, 0) is 9.62 Å². The molecule has 0 aromatic rings. The van der Waals surface area contributed by atoms with E-state index in [1.165, 1.54) is 0 Å². The summed E-state index contributed by atoms with van der Waals surface area (Å²) in [6, 6.07) is 0. The van der Waals surface area contributed by atoms with Gasteiger partial charge in [-0.1, -0.05) is 13.8 Å². The lowest BCUT2D eigenvalue weighted by Crippen LogP contribution is -2.29. The van der Waals surface area contributed by atoms with Crippen LogP contribution in [-0.4, -0.2) is 17.0 Å². The average molecular weight is 176 g/mol. The van der Waals surface area contributed by atoms with Crippen molar-refractivity contribution < 1.29 is 19.7 Å². The van der Waals surface area contributed by atoms with Gasteiger partial charge in [0.05, 0.1) is 0 Å². The Labute approximate surface area is 72.4 Å². The van der Waals surface area contributed by atoms with Crippen LogP contribution in [0.3, 0.4) is 0 Å². The maximum absolute atomic E-state index is 10.5. The molecule has 0 aliphatic heterocycles. The van der Waals surface area contributed by atoms with Gasteiger partial charge >= 0.3 is 6.16 Å². The predicted octanol–water partition coefficient (Wildman–Crippen LogP) is 2.44. The Balaban J connectivity index is 3.94. The van der Waals surface area contributed by atoms with E-state index in [0.29, 0.717) is 5.92 Å². The van der Waals surface area contributed by atoms with E-state index in [1.54, 1.807) is 13.8 Å². The topological polar surface area (TPSA) is 55.8 Å². The van der Waals surface area contributed by atoms with Gasteiger partial charge in [-0.25, -0.2) is 4.79 Å². The van der Waals surface area contributed by atoms with E-state index in [2.05, 4.69) is 4.89 Å². The van der Waals surface area contributed by atoms with Crippen LogP contribution >= 0.6 is 0 Å². The summed E-state index contributed by atoms with van der Waals surface area (Å²) < 4.78 is 4.79. The fraction of sp³-hybridized carbons (Fsp3) is 0.875. The van der Waals surface area contributed by atoms with Crippen LogP contribution in [0.1, 0.15) is 34.1 Å². The lowest BCUT2D eigenvalue weighted by atomic mass is 9.96. The van der Waals surface area contributed by atoms with Crippen molar-refractivity contribution >= 4 is 6.16 Å². The first-order valence-electron chi connectivity index (χ1n) is 3.92. The average Bonchev–Trinajstić information content (AvgIpc) is 1.83. The van der Waals surface area contributed by atoms with Crippen molar-refractivity contribution in [3.05, 3.63) is 0 Å². The molecule has 0 heterocycles. The first kappa shape index (κ1) is 11.2. The second kappa shape index (κ2) is 4.30. The minimum absolute atomic E-state index is 0.423. The Kier molecular flexibility index (Phi) is 4.03. The molecule has 72 valence electrons. The van der Waals surface area contributed by atoms with Crippen molar-refractivity contribution in [2.24, 2.45) is 5.92 Å². The molecule has 0 radical (unpaired) electrons. The van der Waals surface area contributed by atoms with Gasteiger partial charge in [0, 0.05) is 0 Å². The van der Waals surface area contributed by atoms with E-state index in [9.17, 15) is 4.79 Å². The molecular formula is C8H16O4. The third-order valence-corrected chi connectivity index (χ3v) is 1.33. The van der Waals surface area contributed by atoms with Crippen LogP contribution in [0.4, 0.5) is 4.79 Å². The van der Waals surface area contributed by atoms with Crippen LogP contribution in [0.5, 0.6) is 0 Å². The Bertz CT molecular complexity index is 151. The Morgan fingerprint density at radius 1 is 1.50 bits per heavy atom. The molecule has 1 N–H and O–H groups in total. The Morgan fingerprint density at radius 3 is 2.33 bits per heavy atom. The zero-order valence-electron chi connectivity index (χ0n) is 7.96. The lowest BCUT2D eigenvalue weighted by molar-refractivity contribution is -0.212. The monoisotopic (exact) mass is 176 g/mol. The van der Waals surface area contributed by atoms with E-state index in [0.717, 1.165) is 6.42 Å². The summed E-state index contributed by atoms with van der Waals surface area (Å²) in [5, 5.41) is 7.96. The molecule has 0 fully saturated rings. The van der Waals surface area contributed by atoms with Gasteiger partial charge < -0.3 is 4.74 Å². The maximum atomic E-state index is 10.5. The molecule has 0 aromatic heterocycles. The SMILES string of the molecule is CC(C)CC(C)(C)OC(=O)OO. The Morgan fingerprint density at radius 2 is 2.00 bits per heavy atom. The normalized spacial score (nSPS) is 11.5. The fourth-order valence-electron chi connectivity index (χ4n) is 1.27. The zero-order valence-corrected chi connectivity index (χ0v) is 7.96. The summed E-state index contributed by atoms with van der Waals surface area (Å²) in [4.78, 5) is 13.9. The van der Waals surface area contributed by atoms with Crippen LogP contribution in [0, 0.1) is 5.92 Å². The maximum Gasteiger partial charge on any atom is 0.540 e. The second-order valence-corrected chi connectivity index (χ2v) is 3.80. The molecule has 0 aromatic carbocycles. The quantitative estimate of drug-likeness (QED) is 0.407. The van der Waals surface area contributed by atoms with Gasteiger partial charge in [0.2, 0.25) is 0 Å². The van der Waals surface area contributed by atoms with Gasteiger partial charge in [-0.05, 0) is 26.2 Å². The number of hydrogen-bond donors (Lipinski definition) is 1. The molecular weight excluding hydrogens is 160 g/mol. The molecule has 0 atom stereocenters. The minimum atomic E-state index is -1.05. The standard InChI is InChI=1S/C8H16O4/c1-6(2)5-8(3,4)11-7(9)12-10/h6,10H,5H2,1-4H3. The third-order valence-electron chi connectivity index (χ3n) is 1.33. The molecule has 0 amide bonds. The van der Waals surface area contributed by atoms with Gasteiger partial charge in [-0.3, -0.25) is 4.89 Å². The highest BCUT2D eigenvalue weighted by molar-refractivity contribution is 5.59. The highest BCUT2D eigenvalue weighted by Crippen LogP contribution is 2.20. The lowest BCUT2D eigenvalue weighted by Gasteiger charge is -2.25. The minimum Gasteiger partial charge on any atom is -0.426 e. The molecule has 0 rings (SSSR count). The van der Waals surface area contributed by atoms with E-state index in [1.807, 2.05) is 13.8 Å². The molecule has 4 heteroatoms. The van der Waals surface area contributed by atoms with Crippen molar-refractivity contribution in [1.29, 1.82) is 0 Å². The van der Waals surface area contributed by atoms with Gasteiger partial charge in [0.15, 0.2) is 0 Å². The summed E-state index contributed by atoms with van der Waals surface area (Å²) in [5.74, 6) is 0.423. The van der Waals surface area contributed by atoms with E-state index in [-0.39, 0.29) is 0 Å². The zero-order chi connectivity index (χ0) is 9.78. The van der Waals surface area contributed by atoms with Gasteiger partial charge in [-0.15, -0.1) is 0 Å². The van der Waals surface area contributed by atoms with Crippen molar-refractivity contribution in [2.75, 3.05) is 0 Å². The Hall–Kier alpha value is -0.770. The van der Waals surface area contributed by atoms with Crippen molar-refractivity contribution in [3.8, 4) is 0 Å². The molecule has 4 nitrogen and oxygen atoms in total. The van der Waals surface area contributed by atoms with E-state index >= 15 is 0 Å². The summed E-state index contributed by atoms with van der Waals surface area (Å²) in [7, 11) is 0. The summed E-state index contributed by atoms with van der Waals surface area (Å²) in [6.07, 6.45) is -0.331. The number of carbonyl (C=O) groups excluding carboxylic acids is 1. The molecule has 0 spiro atoms. The molecule has 0 bridgehead atoms. The number of ether oxygens (including phenoxy) is 1. The van der Waals surface area contributed by atoms with E-state index < -0.39 is 11.8 Å². The molecule has 0 saturated carbocycles. The van der Waals surface area contributed by atoms with Crippen LogP contribution in [0.25, 0.3) is 0 Å². The summed E-state index contributed by atoms with van der Waals surface area (Å²) in [6.45, 7) is 7.58. The summed E-state index contributed by atoms with van der Waals surface area (Å²) in [5.41, 5.74) is -0.589. The molecule has 0 unspecified atom stereocenters. The van der Waals surface area contributed by atoms with Crippen molar-refractivity contribution in [3.63, 3.8) is 0 Å². The number of carbonyl (C=O) groups is 1. The largest absolute Gasteiger partial charge is 0.540 e. The van der Waals surface area contributed by atoms with Crippen LogP contribution < -0.4 is 0 Å². The number of hydrogen-bond acceptors (Lipinski definition) is 4. The smallest absolute Gasteiger partial charge is 0.426 e. The van der Waals surface area contributed by atoms with Crippen LogP contribution in [0.2, 0.25) is 0 Å². The molecule has 0 aliphatic rings.